The highest BCUT2D eigenvalue weighted by molar-refractivity contribution is 5.85. The summed E-state index contributed by atoms with van der Waals surface area (Å²) in [6, 6.07) is 15.1. The van der Waals surface area contributed by atoms with E-state index >= 15 is 0 Å². The van der Waals surface area contributed by atoms with Crippen molar-refractivity contribution in [1.29, 1.82) is 0 Å². The molecule has 6 nitrogen and oxygen atoms in total. The van der Waals surface area contributed by atoms with Crippen LogP contribution in [0.25, 0.3) is 10.8 Å². The first kappa shape index (κ1) is 19.2. The molecule has 2 amide bonds. The second-order valence-electron chi connectivity index (χ2n) is 6.90. The van der Waals surface area contributed by atoms with Gasteiger partial charge in [0.2, 0.25) is 0 Å². The van der Waals surface area contributed by atoms with Crippen LogP contribution >= 0.6 is 0 Å². The molecule has 2 aromatic rings. The molecule has 0 radical (unpaired) electrons. The fraction of sp³-hybridized carbons (Fsp3) is 0.429. The quantitative estimate of drug-likeness (QED) is 0.820. The Labute approximate surface area is 159 Å². The first-order valence-electron chi connectivity index (χ1n) is 9.48. The third-order valence-electron chi connectivity index (χ3n) is 5.10. The number of nitrogens with zero attached hydrogens (tertiary/aromatic N) is 1. The van der Waals surface area contributed by atoms with E-state index in [0.29, 0.717) is 0 Å². The highest BCUT2D eigenvalue weighted by Crippen LogP contribution is 2.20. The van der Waals surface area contributed by atoms with Crippen molar-refractivity contribution in [3.8, 4) is 0 Å². The number of likely N-dealkylation sites (tertiary alicyclic amines) is 1. The van der Waals surface area contributed by atoms with Gasteiger partial charge < -0.3 is 20.3 Å². The highest BCUT2D eigenvalue weighted by Gasteiger charge is 2.21. The van der Waals surface area contributed by atoms with Crippen LogP contribution in [0.1, 0.15) is 18.4 Å². The molecular weight excluding hydrogens is 342 g/mol. The molecule has 0 aromatic heterocycles. The molecule has 0 unspecified atom stereocenters. The number of benzene rings is 2. The van der Waals surface area contributed by atoms with Crippen molar-refractivity contribution in [3.05, 3.63) is 48.0 Å². The number of amides is 2. The van der Waals surface area contributed by atoms with E-state index in [9.17, 15) is 9.59 Å². The van der Waals surface area contributed by atoms with Crippen LogP contribution in [0.5, 0.6) is 0 Å². The predicted octanol–water partition coefficient (Wildman–Crippen LogP) is 2.32. The molecule has 1 heterocycles. The molecule has 0 atom stereocenters. The van der Waals surface area contributed by atoms with E-state index in [4.69, 9.17) is 4.74 Å². The molecule has 1 aliphatic rings. The number of likely N-dealkylation sites (N-methyl/N-ethyl adjacent to an activating group) is 1. The molecule has 0 aliphatic carbocycles. The van der Waals surface area contributed by atoms with Crippen molar-refractivity contribution in [2.75, 3.05) is 33.3 Å². The molecule has 2 aromatic carbocycles. The number of hydrogen-bond donors (Lipinski definition) is 2. The topological polar surface area (TPSA) is 70.7 Å². The summed E-state index contributed by atoms with van der Waals surface area (Å²) in [5.74, 6) is -0.312. The van der Waals surface area contributed by atoms with Crippen LogP contribution in [-0.2, 0) is 16.0 Å². The molecule has 1 saturated heterocycles. The Morgan fingerprint density at radius 2 is 1.85 bits per heavy atom. The summed E-state index contributed by atoms with van der Waals surface area (Å²) in [6.45, 7) is 2.67. The number of ether oxygens (including phenoxy) is 1. The number of carbonyl (C=O) groups excluding carboxylic acids is 2. The monoisotopic (exact) mass is 369 g/mol. The van der Waals surface area contributed by atoms with Crippen molar-refractivity contribution in [1.82, 2.24) is 15.5 Å². The third-order valence-corrected chi connectivity index (χ3v) is 5.10. The van der Waals surface area contributed by atoms with Crippen molar-refractivity contribution in [2.45, 2.75) is 25.3 Å². The average molecular weight is 369 g/mol. The van der Waals surface area contributed by atoms with Gasteiger partial charge in [0.05, 0.1) is 0 Å². The van der Waals surface area contributed by atoms with Crippen LogP contribution in [0.2, 0.25) is 0 Å². The zero-order valence-corrected chi connectivity index (χ0v) is 15.7. The first-order valence-corrected chi connectivity index (χ1v) is 9.48. The minimum atomic E-state index is -0.521. The summed E-state index contributed by atoms with van der Waals surface area (Å²) in [6.07, 6.45) is 2.29. The molecule has 3 rings (SSSR count). The highest BCUT2D eigenvalue weighted by atomic mass is 16.6. The van der Waals surface area contributed by atoms with Crippen LogP contribution in [0.4, 0.5) is 4.79 Å². The second-order valence-corrected chi connectivity index (χ2v) is 6.90. The van der Waals surface area contributed by atoms with E-state index in [1.54, 1.807) is 0 Å². The van der Waals surface area contributed by atoms with E-state index in [1.165, 1.54) is 23.4 Å². The largest absolute Gasteiger partial charge is 0.439 e. The van der Waals surface area contributed by atoms with E-state index in [0.717, 1.165) is 38.9 Å². The molecule has 27 heavy (non-hydrogen) atoms. The molecule has 0 bridgehead atoms. The van der Waals surface area contributed by atoms with Gasteiger partial charge in [-0.25, -0.2) is 4.79 Å². The molecule has 0 saturated carbocycles. The molecule has 0 spiro atoms. The van der Waals surface area contributed by atoms with Gasteiger partial charge >= 0.3 is 6.09 Å². The SMILES string of the molecule is CNC(=O)COC(=O)NC1CCN(CCc2cccc3ccccc23)CC1. The number of alkyl carbamates (subject to hydrolysis) is 1. The molecule has 2 N–H and O–H groups in total. The van der Waals surface area contributed by atoms with Crippen LogP contribution in [0.3, 0.4) is 0 Å². The molecule has 144 valence electrons. The van der Waals surface area contributed by atoms with Gasteiger partial charge in [0.15, 0.2) is 6.61 Å². The number of carbonyl (C=O) groups is 2. The summed E-state index contributed by atoms with van der Waals surface area (Å²) in [4.78, 5) is 25.3. The standard InChI is InChI=1S/C21H27N3O3/c1-22-20(25)15-27-21(26)23-18-10-13-24(14-11-18)12-9-17-7-4-6-16-5-2-3-8-19(16)17/h2-8,18H,9-15H2,1H3,(H,22,25)(H,23,26). The fourth-order valence-electron chi connectivity index (χ4n) is 3.50. The Morgan fingerprint density at radius 1 is 1.11 bits per heavy atom. The van der Waals surface area contributed by atoms with Gasteiger partial charge in [-0.15, -0.1) is 0 Å². The summed E-state index contributed by atoms with van der Waals surface area (Å²) in [7, 11) is 1.51. The van der Waals surface area contributed by atoms with Crippen molar-refractivity contribution in [2.24, 2.45) is 0 Å². The van der Waals surface area contributed by atoms with Gasteiger partial charge in [0.25, 0.3) is 5.91 Å². The van der Waals surface area contributed by atoms with Gasteiger partial charge in [-0.3, -0.25) is 4.79 Å². The Bertz CT molecular complexity index is 780. The Morgan fingerprint density at radius 3 is 2.63 bits per heavy atom. The van der Waals surface area contributed by atoms with Crippen molar-refractivity contribution >= 4 is 22.8 Å². The Balaban J connectivity index is 1.42. The maximum absolute atomic E-state index is 11.7. The summed E-state index contributed by atoms with van der Waals surface area (Å²) < 4.78 is 4.89. The van der Waals surface area contributed by atoms with E-state index in [-0.39, 0.29) is 18.6 Å². The number of nitrogens with one attached hydrogen (secondary N) is 2. The lowest BCUT2D eigenvalue weighted by Crippen LogP contribution is -2.45. The average Bonchev–Trinajstić information content (AvgIpc) is 2.71. The Kier molecular flexibility index (Phi) is 6.65. The van der Waals surface area contributed by atoms with Crippen LogP contribution in [0.15, 0.2) is 42.5 Å². The first-order chi connectivity index (χ1) is 13.2. The minimum Gasteiger partial charge on any atom is -0.439 e. The normalized spacial score (nSPS) is 15.4. The van der Waals surface area contributed by atoms with Gasteiger partial charge in [0.1, 0.15) is 0 Å². The molecule has 1 aliphatic heterocycles. The summed E-state index contributed by atoms with van der Waals surface area (Å²) >= 11 is 0. The second kappa shape index (κ2) is 9.37. The molecule has 6 heteroatoms. The van der Waals surface area contributed by atoms with E-state index in [2.05, 4.69) is 58.0 Å². The van der Waals surface area contributed by atoms with Crippen molar-refractivity contribution < 1.29 is 14.3 Å². The van der Waals surface area contributed by atoms with Crippen LogP contribution in [0, 0.1) is 0 Å². The zero-order chi connectivity index (χ0) is 19.1. The van der Waals surface area contributed by atoms with Crippen molar-refractivity contribution in [3.63, 3.8) is 0 Å². The van der Waals surface area contributed by atoms with Crippen LogP contribution < -0.4 is 10.6 Å². The lowest BCUT2D eigenvalue weighted by molar-refractivity contribution is -0.123. The zero-order valence-electron chi connectivity index (χ0n) is 15.7. The maximum Gasteiger partial charge on any atom is 0.407 e. The lowest BCUT2D eigenvalue weighted by Gasteiger charge is -2.32. The summed E-state index contributed by atoms with van der Waals surface area (Å²) in [5.41, 5.74) is 1.38. The Hall–Kier alpha value is -2.60. The van der Waals surface area contributed by atoms with Gasteiger partial charge in [-0.05, 0) is 35.6 Å². The maximum atomic E-state index is 11.7. The lowest BCUT2D eigenvalue weighted by atomic mass is 10.0. The fourth-order valence-corrected chi connectivity index (χ4v) is 3.50. The third kappa shape index (κ3) is 5.44. The minimum absolute atomic E-state index is 0.107. The molecule has 1 fully saturated rings. The number of rotatable bonds is 6. The number of hydrogen-bond acceptors (Lipinski definition) is 4. The van der Waals surface area contributed by atoms with Gasteiger partial charge in [0, 0.05) is 32.7 Å². The smallest absolute Gasteiger partial charge is 0.407 e. The van der Waals surface area contributed by atoms with Gasteiger partial charge in [-0.2, -0.15) is 0 Å². The number of piperidine rings is 1. The number of fused-ring (bicyclic) bond motifs is 1. The van der Waals surface area contributed by atoms with Crippen LogP contribution in [-0.4, -0.2) is 56.2 Å². The van der Waals surface area contributed by atoms with E-state index in [1.807, 2.05) is 0 Å². The van der Waals surface area contributed by atoms with E-state index < -0.39 is 6.09 Å². The summed E-state index contributed by atoms with van der Waals surface area (Å²) in [5, 5.41) is 7.88. The van der Waals surface area contributed by atoms with Gasteiger partial charge in [-0.1, -0.05) is 42.5 Å². The molecular formula is C21H27N3O3. The predicted molar refractivity (Wildman–Crippen MR) is 106 cm³/mol.